The summed E-state index contributed by atoms with van der Waals surface area (Å²) in [4.78, 5) is 7.06. The molecule has 16 heavy (non-hydrogen) atoms. The summed E-state index contributed by atoms with van der Waals surface area (Å²) in [5.74, 6) is 0. The highest BCUT2D eigenvalue weighted by atomic mass is 28.1. The summed E-state index contributed by atoms with van der Waals surface area (Å²) in [6.45, 7) is 13.1. The van der Waals surface area contributed by atoms with E-state index in [1.54, 1.807) is 0 Å². The summed E-state index contributed by atoms with van der Waals surface area (Å²) >= 11 is 0. The Morgan fingerprint density at radius 2 is 1.88 bits per heavy atom. The molecule has 0 aliphatic heterocycles. The minimum atomic E-state index is 0.387. The number of hydrogen-bond donors (Lipinski definition) is 0. The van der Waals surface area contributed by atoms with Crippen molar-refractivity contribution in [3.8, 4) is 0 Å². The van der Waals surface area contributed by atoms with Crippen molar-refractivity contribution < 1.29 is 0 Å². The molecule has 0 fully saturated rings. The molecule has 0 aliphatic carbocycles. The fourth-order valence-electron chi connectivity index (χ4n) is 1.97. The predicted octanol–water partition coefficient (Wildman–Crippen LogP) is 2.18. The monoisotopic (exact) mass is 240 g/mol. The largest absolute Gasteiger partial charge is 0.376 e. The summed E-state index contributed by atoms with van der Waals surface area (Å²) in [5.41, 5.74) is 2.57. The maximum absolute atomic E-state index is 4.57. The van der Waals surface area contributed by atoms with Crippen LogP contribution in [0.15, 0.2) is 16.8 Å². The van der Waals surface area contributed by atoms with E-state index in [-0.39, 0.29) is 0 Å². The molecule has 0 aromatic heterocycles. The molecule has 0 aromatic rings. The summed E-state index contributed by atoms with van der Waals surface area (Å²) in [5, 5.41) is 0. The number of rotatable bonds is 6. The zero-order valence-electron chi connectivity index (χ0n) is 12.0. The molecule has 0 aromatic carbocycles. The van der Waals surface area contributed by atoms with Crippen LogP contribution in [0.1, 0.15) is 48.0 Å². The number of allylic oxidation sites excluding steroid dienone is 2. The minimum absolute atomic E-state index is 0.387. The van der Waals surface area contributed by atoms with Gasteiger partial charge in [0.1, 0.15) is 0 Å². The first kappa shape index (κ1) is 15.4. The van der Waals surface area contributed by atoms with Gasteiger partial charge in [0, 0.05) is 39.9 Å². The quantitative estimate of drug-likeness (QED) is 0.513. The summed E-state index contributed by atoms with van der Waals surface area (Å²) in [6.07, 6.45) is 4.54. The lowest BCUT2D eigenvalue weighted by atomic mass is 10.2. The van der Waals surface area contributed by atoms with Gasteiger partial charge in [0.25, 0.3) is 0 Å². The first-order valence-electron chi connectivity index (χ1n) is 6.43. The zero-order chi connectivity index (χ0) is 12.7. The average Bonchev–Trinajstić information content (AvgIpc) is 2.15. The van der Waals surface area contributed by atoms with Gasteiger partial charge in [0.2, 0.25) is 0 Å². The maximum atomic E-state index is 4.57. The second kappa shape index (κ2) is 7.66. The Balaban J connectivity index is 4.89. The second-order valence-corrected chi connectivity index (χ2v) is 5.37. The third-order valence-corrected chi connectivity index (χ3v) is 3.21. The molecule has 0 atom stereocenters. The lowest BCUT2D eigenvalue weighted by Crippen LogP contribution is -2.31. The van der Waals surface area contributed by atoms with Gasteiger partial charge in [-0.1, -0.05) is 6.92 Å². The van der Waals surface area contributed by atoms with Crippen LogP contribution in [-0.2, 0) is 0 Å². The van der Waals surface area contributed by atoms with Crippen LogP contribution < -0.4 is 0 Å². The Hall–Kier alpha value is -0.573. The molecule has 3 heteroatoms. The smallest absolute Gasteiger partial charge is 0.0446 e. The molecule has 0 N–H and O–H groups in total. The third-order valence-electron chi connectivity index (χ3n) is 2.53. The molecular formula is C13H28N2Si. The van der Waals surface area contributed by atoms with Crippen LogP contribution in [0.3, 0.4) is 0 Å². The Bertz CT molecular complexity index is 255. The van der Waals surface area contributed by atoms with Crippen LogP contribution in [0, 0.1) is 0 Å². The van der Waals surface area contributed by atoms with Crippen molar-refractivity contribution in [2.45, 2.75) is 60.0 Å². The molecule has 0 rings (SSSR count). The molecule has 2 nitrogen and oxygen atoms in total. The van der Waals surface area contributed by atoms with Crippen molar-refractivity contribution in [3.05, 3.63) is 11.8 Å². The van der Waals surface area contributed by atoms with E-state index < -0.39 is 0 Å². The Morgan fingerprint density at radius 1 is 1.31 bits per heavy atom. The van der Waals surface area contributed by atoms with Crippen LogP contribution in [0.4, 0.5) is 0 Å². The first-order chi connectivity index (χ1) is 7.42. The molecule has 0 unspecified atom stereocenters. The normalized spacial score (nSPS) is 14.0. The van der Waals surface area contributed by atoms with Crippen LogP contribution >= 0.6 is 0 Å². The Kier molecular flexibility index (Phi) is 7.39. The highest BCUT2D eigenvalue weighted by Crippen LogP contribution is 2.12. The second-order valence-electron chi connectivity index (χ2n) is 4.73. The fourth-order valence-corrected chi connectivity index (χ4v) is 3.11. The van der Waals surface area contributed by atoms with E-state index in [0.717, 1.165) is 12.1 Å². The Labute approximate surface area is 104 Å². The molecule has 0 radical (unpaired) electrons. The third kappa shape index (κ3) is 5.49. The van der Waals surface area contributed by atoms with Gasteiger partial charge in [-0.15, -0.1) is 0 Å². The van der Waals surface area contributed by atoms with E-state index in [1.165, 1.54) is 22.1 Å². The molecule has 0 heterocycles. The number of hydrogen-bond acceptors (Lipinski definition) is 2. The van der Waals surface area contributed by atoms with Crippen LogP contribution in [0.5, 0.6) is 0 Å². The standard InChI is InChI=1S/C13H28N2Si/c1-7-13(15(9-16)11(4)5)8-12(6)14-10(2)3/h8,10-11H,7,9H2,1-6,16H3/b13-8-,14-12?. The molecule has 0 bridgehead atoms. The highest BCUT2D eigenvalue weighted by Gasteiger charge is 2.09. The van der Waals surface area contributed by atoms with Crippen molar-refractivity contribution in [1.29, 1.82) is 0 Å². The predicted molar refractivity (Wildman–Crippen MR) is 78.4 cm³/mol. The van der Waals surface area contributed by atoms with E-state index in [4.69, 9.17) is 0 Å². The van der Waals surface area contributed by atoms with Gasteiger partial charge < -0.3 is 4.90 Å². The molecular weight excluding hydrogens is 212 g/mol. The van der Waals surface area contributed by atoms with Gasteiger partial charge in [-0.2, -0.15) is 0 Å². The molecule has 0 aliphatic rings. The van der Waals surface area contributed by atoms with Gasteiger partial charge in [0.15, 0.2) is 0 Å². The molecule has 94 valence electrons. The maximum Gasteiger partial charge on any atom is 0.0446 e. The van der Waals surface area contributed by atoms with Gasteiger partial charge in [-0.05, 0) is 47.1 Å². The number of aliphatic imine (C=N–C) groups is 1. The van der Waals surface area contributed by atoms with Crippen LogP contribution in [0.2, 0.25) is 0 Å². The van der Waals surface area contributed by atoms with Crippen LogP contribution in [-0.4, -0.2) is 39.1 Å². The lowest BCUT2D eigenvalue weighted by molar-refractivity contribution is 0.319. The molecule has 0 spiro atoms. The first-order valence-corrected chi connectivity index (χ1v) is 7.85. The highest BCUT2D eigenvalue weighted by molar-refractivity contribution is 6.08. The SMILES string of the molecule is CC/C(=C/C(C)=NC(C)C)N(C[SiH3])C(C)C. The van der Waals surface area contributed by atoms with Gasteiger partial charge in [-0.25, -0.2) is 0 Å². The van der Waals surface area contributed by atoms with Crippen molar-refractivity contribution in [2.75, 3.05) is 6.17 Å². The summed E-state index contributed by atoms with van der Waals surface area (Å²) in [6, 6.07) is 0.980. The van der Waals surface area contributed by atoms with Gasteiger partial charge in [0.05, 0.1) is 0 Å². The molecule has 0 saturated carbocycles. The summed E-state index contributed by atoms with van der Waals surface area (Å²) in [7, 11) is 1.22. The van der Waals surface area contributed by atoms with Crippen molar-refractivity contribution in [2.24, 2.45) is 4.99 Å². The fraction of sp³-hybridized carbons (Fsp3) is 0.769. The van der Waals surface area contributed by atoms with E-state index in [0.29, 0.717) is 12.1 Å². The molecule has 0 saturated heterocycles. The topological polar surface area (TPSA) is 15.6 Å². The van der Waals surface area contributed by atoms with Crippen molar-refractivity contribution >= 4 is 16.0 Å². The van der Waals surface area contributed by atoms with Crippen LogP contribution in [0.25, 0.3) is 0 Å². The van der Waals surface area contributed by atoms with E-state index >= 15 is 0 Å². The van der Waals surface area contributed by atoms with E-state index in [9.17, 15) is 0 Å². The van der Waals surface area contributed by atoms with Gasteiger partial charge >= 0.3 is 0 Å². The Morgan fingerprint density at radius 3 is 2.19 bits per heavy atom. The van der Waals surface area contributed by atoms with Gasteiger partial charge in [-0.3, -0.25) is 4.99 Å². The average molecular weight is 240 g/mol. The summed E-state index contributed by atoms with van der Waals surface area (Å²) < 4.78 is 0. The number of nitrogens with zero attached hydrogens (tertiary/aromatic N) is 2. The van der Waals surface area contributed by atoms with Crippen molar-refractivity contribution in [1.82, 2.24) is 4.90 Å². The van der Waals surface area contributed by atoms with E-state index in [2.05, 4.69) is 57.5 Å². The van der Waals surface area contributed by atoms with Crippen molar-refractivity contribution in [3.63, 3.8) is 0 Å². The lowest BCUT2D eigenvalue weighted by Gasteiger charge is -2.30. The van der Waals surface area contributed by atoms with E-state index in [1.807, 2.05) is 0 Å². The minimum Gasteiger partial charge on any atom is -0.376 e. The molecule has 0 amide bonds. The zero-order valence-corrected chi connectivity index (χ0v) is 14.0.